The molecule has 0 aromatic heterocycles. The number of hydrogen-bond donors (Lipinski definition) is 2. The molecule has 0 amide bonds. The third kappa shape index (κ3) is 3.85. The molecule has 2 nitrogen and oxygen atoms in total. The molecule has 1 aliphatic rings. The third-order valence-electron chi connectivity index (χ3n) is 3.47. The van der Waals surface area contributed by atoms with Gasteiger partial charge in [-0.3, -0.25) is 0 Å². The number of aryl methyl sites for hydroxylation is 1. The van der Waals surface area contributed by atoms with Crippen molar-refractivity contribution >= 4 is 24.8 Å². The van der Waals surface area contributed by atoms with Crippen LogP contribution < -0.4 is 11.1 Å². The summed E-state index contributed by atoms with van der Waals surface area (Å²) in [4.78, 5) is 0. The Bertz CT molecular complexity index is 355. The normalized spacial score (nSPS) is 23.5. The molecular weight excluding hydrogens is 255 g/mol. The molecule has 1 saturated heterocycles. The predicted octanol–water partition coefficient (Wildman–Crippen LogP) is 2.90. The van der Waals surface area contributed by atoms with E-state index in [9.17, 15) is 0 Å². The van der Waals surface area contributed by atoms with E-state index in [1.807, 2.05) is 0 Å². The van der Waals surface area contributed by atoms with Gasteiger partial charge in [-0.15, -0.1) is 24.8 Å². The largest absolute Gasteiger partial charge is 0.328 e. The molecule has 0 saturated carbocycles. The van der Waals surface area contributed by atoms with Crippen LogP contribution >= 0.6 is 24.8 Å². The molecule has 0 spiro atoms. The summed E-state index contributed by atoms with van der Waals surface area (Å²) in [7, 11) is 0. The van der Waals surface area contributed by atoms with E-state index in [-0.39, 0.29) is 24.8 Å². The molecule has 3 N–H and O–H groups in total. The van der Waals surface area contributed by atoms with Gasteiger partial charge in [-0.2, -0.15) is 0 Å². The van der Waals surface area contributed by atoms with Gasteiger partial charge in [0.05, 0.1) is 0 Å². The smallest absolute Gasteiger partial charge is 0.0337 e. The van der Waals surface area contributed by atoms with Crippen molar-refractivity contribution in [3.05, 3.63) is 34.9 Å². The highest BCUT2D eigenvalue weighted by Gasteiger charge is 2.21. The summed E-state index contributed by atoms with van der Waals surface area (Å²) >= 11 is 0. The van der Waals surface area contributed by atoms with Crippen LogP contribution in [-0.2, 0) is 0 Å². The van der Waals surface area contributed by atoms with Gasteiger partial charge < -0.3 is 11.1 Å². The van der Waals surface area contributed by atoms with Crippen molar-refractivity contribution in [1.29, 1.82) is 0 Å². The molecule has 1 aromatic carbocycles. The summed E-state index contributed by atoms with van der Waals surface area (Å²) in [6.07, 6.45) is 2.16. The average molecular weight is 277 g/mol. The Kier molecular flexibility index (Phi) is 7.10. The Morgan fingerprint density at radius 1 is 1.24 bits per heavy atom. The van der Waals surface area contributed by atoms with E-state index >= 15 is 0 Å². The summed E-state index contributed by atoms with van der Waals surface area (Å²) in [6, 6.07) is 7.34. The molecule has 2 rings (SSSR count). The highest BCUT2D eigenvalue weighted by atomic mass is 35.5. The Morgan fingerprint density at radius 2 is 1.94 bits per heavy atom. The first-order chi connectivity index (χ1) is 7.18. The zero-order valence-corrected chi connectivity index (χ0v) is 12.0. The van der Waals surface area contributed by atoms with E-state index in [1.54, 1.807) is 0 Å². The highest BCUT2D eigenvalue weighted by Crippen LogP contribution is 2.26. The molecule has 0 radical (unpaired) electrons. The number of rotatable bonds is 1. The van der Waals surface area contributed by atoms with Crippen LogP contribution in [0.5, 0.6) is 0 Å². The fourth-order valence-electron chi connectivity index (χ4n) is 2.34. The van der Waals surface area contributed by atoms with Gasteiger partial charge in [-0.25, -0.2) is 0 Å². The van der Waals surface area contributed by atoms with Crippen LogP contribution in [0.3, 0.4) is 0 Å². The molecule has 98 valence electrons. The lowest BCUT2D eigenvalue weighted by Crippen LogP contribution is -2.38. The fourth-order valence-corrected chi connectivity index (χ4v) is 2.34. The van der Waals surface area contributed by atoms with E-state index in [0.29, 0.717) is 12.1 Å². The molecule has 2 atom stereocenters. The minimum atomic E-state index is 0. The highest BCUT2D eigenvalue weighted by molar-refractivity contribution is 5.85. The van der Waals surface area contributed by atoms with E-state index in [1.165, 1.54) is 16.7 Å². The van der Waals surface area contributed by atoms with Crippen LogP contribution in [0.4, 0.5) is 0 Å². The van der Waals surface area contributed by atoms with Crippen LogP contribution in [-0.4, -0.2) is 12.6 Å². The summed E-state index contributed by atoms with van der Waals surface area (Å²) < 4.78 is 0. The summed E-state index contributed by atoms with van der Waals surface area (Å²) in [5, 5.41) is 3.55. The van der Waals surface area contributed by atoms with Crippen LogP contribution in [0.1, 0.15) is 35.6 Å². The van der Waals surface area contributed by atoms with E-state index < -0.39 is 0 Å². The second kappa shape index (κ2) is 7.22. The maximum atomic E-state index is 6.01. The quantitative estimate of drug-likeness (QED) is 0.828. The van der Waals surface area contributed by atoms with Crippen molar-refractivity contribution in [1.82, 2.24) is 5.32 Å². The SMILES string of the molecule is Cc1cccc(C2CC(N)CCN2)c1C.Cl.Cl. The lowest BCUT2D eigenvalue weighted by Gasteiger charge is -2.29. The Labute approximate surface area is 116 Å². The molecule has 0 bridgehead atoms. The van der Waals surface area contributed by atoms with E-state index in [4.69, 9.17) is 5.73 Å². The monoisotopic (exact) mass is 276 g/mol. The molecule has 1 aliphatic heterocycles. The zero-order valence-electron chi connectivity index (χ0n) is 10.4. The number of halogens is 2. The van der Waals surface area contributed by atoms with Crippen molar-refractivity contribution in [2.45, 2.75) is 38.8 Å². The number of benzene rings is 1. The Balaban J connectivity index is 0.00000128. The topological polar surface area (TPSA) is 38.0 Å². The summed E-state index contributed by atoms with van der Waals surface area (Å²) in [6.45, 7) is 5.41. The van der Waals surface area contributed by atoms with Crippen molar-refractivity contribution in [2.24, 2.45) is 5.73 Å². The van der Waals surface area contributed by atoms with Gasteiger partial charge >= 0.3 is 0 Å². The first kappa shape index (κ1) is 16.7. The van der Waals surface area contributed by atoms with Gasteiger partial charge in [0.2, 0.25) is 0 Å². The standard InChI is InChI=1S/C13H20N2.2ClH/c1-9-4-3-5-12(10(9)2)13-8-11(14)6-7-15-13;;/h3-5,11,13,15H,6-8,14H2,1-2H3;2*1H. The van der Waals surface area contributed by atoms with Crippen LogP contribution in [0.2, 0.25) is 0 Å². The predicted molar refractivity (Wildman–Crippen MR) is 78.4 cm³/mol. The van der Waals surface area contributed by atoms with E-state index in [2.05, 4.69) is 37.4 Å². The Hall–Kier alpha value is -0.280. The van der Waals surface area contributed by atoms with Crippen LogP contribution in [0, 0.1) is 13.8 Å². The lowest BCUT2D eigenvalue weighted by molar-refractivity contribution is 0.368. The minimum absolute atomic E-state index is 0. The van der Waals surface area contributed by atoms with Gasteiger partial charge in [0.25, 0.3) is 0 Å². The van der Waals surface area contributed by atoms with Gasteiger partial charge in [0.1, 0.15) is 0 Å². The molecule has 1 fully saturated rings. The second-order valence-corrected chi connectivity index (χ2v) is 4.58. The maximum Gasteiger partial charge on any atom is 0.0337 e. The molecule has 0 aliphatic carbocycles. The number of nitrogens with one attached hydrogen (secondary N) is 1. The molecule has 1 aromatic rings. The van der Waals surface area contributed by atoms with Crippen molar-refractivity contribution in [3.8, 4) is 0 Å². The molecule has 1 heterocycles. The third-order valence-corrected chi connectivity index (χ3v) is 3.47. The first-order valence-corrected chi connectivity index (χ1v) is 5.73. The van der Waals surface area contributed by atoms with Crippen molar-refractivity contribution in [3.63, 3.8) is 0 Å². The second-order valence-electron chi connectivity index (χ2n) is 4.58. The summed E-state index contributed by atoms with van der Waals surface area (Å²) in [5.74, 6) is 0. The minimum Gasteiger partial charge on any atom is -0.328 e. The van der Waals surface area contributed by atoms with Gasteiger partial charge in [0, 0.05) is 12.1 Å². The molecule has 2 unspecified atom stereocenters. The number of nitrogens with two attached hydrogens (primary N) is 1. The zero-order chi connectivity index (χ0) is 10.8. The maximum absolute atomic E-state index is 6.01. The number of piperidine rings is 1. The van der Waals surface area contributed by atoms with Crippen molar-refractivity contribution < 1.29 is 0 Å². The molecule has 4 heteroatoms. The summed E-state index contributed by atoms with van der Waals surface area (Å²) in [5.41, 5.74) is 10.2. The average Bonchev–Trinajstić information content (AvgIpc) is 2.22. The van der Waals surface area contributed by atoms with Gasteiger partial charge in [-0.1, -0.05) is 18.2 Å². The van der Waals surface area contributed by atoms with Crippen molar-refractivity contribution in [2.75, 3.05) is 6.54 Å². The number of hydrogen-bond acceptors (Lipinski definition) is 2. The lowest BCUT2D eigenvalue weighted by atomic mass is 9.90. The Morgan fingerprint density at radius 3 is 2.59 bits per heavy atom. The van der Waals surface area contributed by atoms with E-state index in [0.717, 1.165) is 19.4 Å². The first-order valence-electron chi connectivity index (χ1n) is 5.73. The molecular formula is C13H22Cl2N2. The van der Waals surface area contributed by atoms with Crippen LogP contribution in [0.15, 0.2) is 18.2 Å². The fraction of sp³-hybridized carbons (Fsp3) is 0.538. The molecule has 17 heavy (non-hydrogen) atoms. The van der Waals surface area contributed by atoms with Crippen LogP contribution in [0.25, 0.3) is 0 Å². The van der Waals surface area contributed by atoms with Gasteiger partial charge in [-0.05, 0) is 49.9 Å². The van der Waals surface area contributed by atoms with Gasteiger partial charge in [0.15, 0.2) is 0 Å².